The maximum atomic E-state index is 12.6. The Labute approximate surface area is 151 Å². The van der Waals surface area contributed by atoms with Crippen LogP contribution < -0.4 is 15.3 Å². The molecular weight excluding hydrogens is 338 g/mol. The lowest BCUT2D eigenvalue weighted by Gasteiger charge is -2.15. The predicted octanol–water partition coefficient (Wildman–Crippen LogP) is 3.18. The zero-order chi connectivity index (χ0) is 18.1. The van der Waals surface area contributed by atoms with Gasteiger partial charge in [0.15, 0.2) is 0 Å². The first kappa shape index (κ1) is 17.0. The lowest BCUT2D eigenvalue weighted by Crippen LogP contribution is -2.35. The third-order valence-corrected chi connectivity index (χ3v) is 4.43. The molecule has 1 heterocycles. The molecule has 1 aliphatic heterocycles. The Morgan fingerprint density at radius 3 is 2.36 bits per heavy atom. The summed E-state index contributed by atoms with van der Waals surface area (Å²) in [6.45, 7) is 1.87. The highest BCUT2D eigenvalue weighted by Gasteiger charge is 2.34. The second-order valence-electron chi connectivity index (χ2n) is 6.06. The standard InChI is InChI=1S/C19H18ClN3O2/c1-12-4-7-15(11-17(12)20)23-19(25)16(18(24)21-23)10-13-5-8-14(9-6-13)22(2)3/h4-11H,1-3H3,(H,21,24). The Morgan fingerprint density at radius 2 is 1.76 bits per heavy atom. The van der Waals surface area contributed by atoms with Gasteiger partial charge in [-0.25, -0.2) is 5.01 Å². The molecule has 1 N–H and O–H groups in total. The zero-order valence-corrected chi connectivity index (χ0v) is 15.0. The van der Waals surface area contributed by atoms with E-state index >= 15 is 0 Å². The summed E-state index contributed by atoms with van der Waals surface area (Å²) in [5.41, 5.74) is 5.93. The lowest BCUT2D eigenvalue weighted by atomic mass is 10.1. The van der Waals surface area contributed by atoms with Gasteiger partial charge in [0.2, 0.25) is 0 Å². The Morgan fingerprint density at radius 1 is 1.08 bits per heavy atom. The third kappa shape index (κ3) is 3.37. The highest BCUT2D eigenvalue weighted by molar-refractivity contribution is 6.33. The van der Waals surface area contributed by atoms with Crippen molar-refractivity contribution in [2.75, 3.05) is 24.0 Å². The molecule has 0 aromatic heterocycles. The first-order valence-electron chi connectivity index (χ1n) is 7.77. The van der Waals surface area contributed by atoms with Crippen LogP contribution in [-0.4, -0.2) is 25.9 Å². The van der Waals surface area contributed by atoms with Crippen molar-refractivity contribution in [3.05, 3.63) is 64.2 Å². The third-order valence-electron chi connectivity index (χ3n) is 4.03. The summed E-state index contributed by atoms with van der Waals surface area (Å²) in [7, 11) is 3.90. The van der Waals surface area contributed by atoms with Gasteiger partial charge in [-0.3, -0.25) is 15.0 Å². The van der Waals surface area contributed by atoms with Crippen LogP contribution in [0.25, 0.3) is 6.08 Å². The maximum Gasteiger partial charge on any atom is 0.282 e. The van der Waals surface area contributed by atoms with Crippen LogP contribution in [0.5, 0.6) is 0 Å². The summed E-state index contributed by atoms with van der Waals surface area (Å²) in [5.74, 6) is -0.833. The van der Waals surface area contributed by atoms with E-state index < -0.39 is 11.8 Å². The molecule has 2 aromatic carbocycles. The normalized spacial score (nSPS) is 15.7. The fourth-order valence-corrected chi connectivity index (χ4v) is 2.67. The van der Waals surface area contributed by atoms with E-state index in [-0.39, 0.29) is 5.57 Å². The molecule has 0 atom stereocenters. The van der Waals surface area contributed by atoms with Crippen LogP contribution in [0, 0.1) is 6.92 Å². The number of rotatable bonds is 3. The molecule has 0 unspecified atom stereocenters. The van der Waals surface area contributed by atoms with Crippen LogP contribution in [0.2, 0.25) is 5.02 Å². The molecule has 1 saturated heterocycles. The zero-order valence-electron chi connectivity index (χ0n) is 14.2. The highest BCUT2D eigenvalue weighted by Crippen LogP contribution is 2.26. The van der Waals surface area contributed by atoms with E-state index in [0.717, 1.165) is 16.8 Å². The van der Waals surface area contributed by atoms with E-state index in [4.69, 9.17) is 11.6 Å². The number of nitrogens with zero attached hydrogens (tertiary/aromatic N) is 2. The van der Waals surface area contributed by atoms with Gasteiger partial charge in [-0.15, -0.1) is 0 Å². The average Bonchev–Trinajstić information content (AvgIpc) is 2.86. The van der Waals surface area contributed by atoms with Crippen molar-refractivity contribution < 1.29 is 9.59 Å². The number of carbonyl (C=O) groups is 2. The van der Waals surface area contributed by atoms with E-state index in [1.54, 1.807) is 24.3 Å². The maximum absolute atomic E-state index is 12.6. The molecule has 25 heavy (non-hydrogen) atoms. The summed E-state index contributed by atoms with van der Waals surface area (Å²) in [6, 6.07) is 12.8. The number of anilines is 2. The van der Waals surface area contributed by atoms with Gasteiger partial charge in [0.05, 0.1) is 5.69 Å². The van der Waals surface area contributed by atoms with Crippen molar-refractivity contribution in [2.45, 2.75) is 6.92 Å². The van der Waals surface area contributed by atoms with Gasteiger partial charge < -0.3 is 4.90 Å². The Hall–Kier alpha value is -2.79. The molecule has 5 nitrogen and oxygen atoms in total. The lowest BCUT2D eigenvalue weighted by molar-refractivity contribution is -0.117. The van der Waals surface area contributed by atoms with Crippen molar-refractivity contribution in [3.8, 4) is 0 Å². The number of amides is 2. The van der Waals surface area contributed by atoms with Crippen LogP contribution in [0.3, 0.4) is 0 Å². The summed E-state index contributed by atoms with van der Waals surface area (Å²) >= 11 is 6.11. The first-order chi connectivity index (χ1) is 11.9. The molecule has 2 aromatic rings. The number of hydrogen-bond acceptors (Lipinski definition) is 3. The second kappa shape index (κ2) is 6.61. The summed E-state index contributed by atoms with van der Waals surface area (Å²) in [6.07, 6.45) is 1.59. The topological polar surface area (TPSA) is 52.7 Å². The van der Waals surface area contributed by atoms with Crippen molar-refractivity contribution in [1.82, 2.24) is 5.43 Å². The first-order valence-corrected chi connectivity index (χ1v) is 8.15. The SMILES string of the molecule is Cc1ccc(N2NC(=O)C(=Cc3ccc(N(C)C)cc3)C2=O)cc1Cl. The average molecular weight is 356 g/mol. The second-order valence-corrected chi connectivity index (χ2v) is 6.47. The van der Waals surface area contributed by atoms with Gasteiger partial charge in [0.1, 0.15) is 5.57 Å². The molecule has 1 fully saturated rings. The Kier molecular flexibility index (Phi) is 4.51. The smallest absolute Gasteiger partial charge is 0.282 e. The van der Waals surface area contributed by atoms with Gasteiger partial charge in [-0.2, -0.15) is 0 Å². The van der Waals surface area contributed by atoms with Crippen LogP contribution in [0.1, 0.15) is 11.1 Å². The largest absolute Gasteiger partial charge is 0.378 e. The van der Waals surface area contributed by atoms with Gasteiger partial charge in [-0.1, -0.05) is 29.8 Å². The quantitative estimate of drug-likeness (QED) is 0.679. The number of hydrazine groups is 1. The van der Waals surface area contributed by atoms with E-state index in [1.807, 2.05) is 50.2 Å². The minimum absolute atomic E-state index is 0.0919. The van der Waals surface area contributed by atoms with E-state index in [1.165, 1.54) is 5.01 Å². The minimum atomic E-state index is -0.432. The molecule has 2 amide bonds. The molecule has 0 saturated carbocycles. The number of hydrogen-bond donors (Lipinski definition) is 1. The molecule has 3 rings (SSSR count). The molecule has 1 aliphatic rings. The predicted molar refractivity (Wildman–Crippen MR) is 101 cm³/mol. The van der Waals surface area contributed by atoms with Crippen LogP contribution >= 0.6 is 11.6 Å². The van der Waals surface area contributed by atoms with Gasteiger partial charge >= 0.3 is 0 Å². The van der Waals surface area contributed by atoms with E-state index in [9.17, 15) is 9.59 Å². The van der Waals surface area contributed by atoms with Crippen molar-refractivity contribution in [1.29, 1.82) is 0 Å². The van der Waals surface area contributed by atoms with E-state index in [2.05, 4.69) is 5.43 Å². The molecule has 0 radical (unpaired) electrons. The van der Waals surface area contributed by atoms with Crippen LogP contribution in [0.15, 0.2) is 48.0 Å². The summed E-state index contributed by atoms with van der Waals surface area (Å²) < 4.78 is 0. The van der Waals surface area contributed by atoms with Crippen molar-refractivity contribution >= 4 is 40.9 Å². The fraction of sp³-hybridized carbons (Fsp3) is 0.158. The molecule has 6 heteroatoms. The molecule has 128 valence electrons. The number of halogens is 1. The monoisotopic (exact) mass is 355 g/mol. The molecule has 0 spiro atoms. The highest BCUT2D eigenvalue weighted by atomic mass is 35.5. The fourth-order valence-electron chi connectivity index (χ4n) is 2.50. The Balaban J connectivity index is 1.89. The van der Waals surface area contributed by atoms with Crippen LogP contribution in [0.4, 0.5) is 11.4 Å². The summed E-state index contributed by atoms with van der Waals surface area (Å²) in [5, 5.41) is 1.75. The number of benzene rings is 2. The Bertz CT molecular complexity index is 873. The number of aryl methyl sites for hydroxylation is 1. The number of nitrogens with one attached hydrogen (secondary N) is 1. The molecular formula is C19H18ClN3O2. The van der Waals surface area contributed by atoms with Gasteiger partial charge in [0, 0.05) is 24.8 Å². The van der Waals surface area contributed by atoms with Crippen LogP contribution in [-0.2, 0) is 9.59 Å². The van der Waals surface area contributed by atoms with Gasteiger partial charge in [0.25, 0.3) is 11.8 Å². The van der Waals surface area contributed by atoms with Crippen molar-refractivity contribution in [3.63, 3.8) is 0 Å². The molecule has 0 bridgehead atoms. The number of carbonyl (C=O) groups excluding carboxylic acids is 2. The van der Waals surface area contributed by atoms with Gasteiger partial charge in [-0.05, 0) is 48.4 Å². The summed E-state index contributed by atoms with van der Waals surface area (Å²) in [4.78, 5) is 26.8. The minimum Gasteiger partial charge on any atom is -0.378 e. The molecule has 0 aliphatic carbocycles. The van der Waals surface area contributed by atoms with E-state index in [0.29, 0.717) is 10.7 Å². The van der Waals surface area contributed by atoms with Crippen molar-refractivity contribution in [2.24, 2.45) is 0 Å².